The molecule has 6 heteroatoms. The minimum Gasteiger partial charge on any atom is -0.351 e. The lowest BCUT2D eigenvalue weighted by atomic mass is 9.99. The zero-order chi connectivity index (χ0) is 13.9. The molecule has 6 nitrogen and oxygen atoms in total. The van der Waals surface area contributed by atoms with Crippen LogP contribution in [0, 0.1) is 0 Å². The first-order valence-electron chi connectivity index (χ1n) is 6.23. The van der Waals surface area contributed by atoms with Crippen LogP contribution in [0.25, 0.3) is 0 Å². The van der Waals surface area contributed by atoms with Gasteiger partial charge in [-0.2, -0.15) is 0 Å². The Morgan fingerprint density at radius 2 is 1.79 bits per heavy atom. The highest BCUT2D eigenvalue weighted by molar-refractivity contribution is 5.98. The van der Waals surface area contributed by atoms with Gasteiger partial charge in [0.15, 0.2) is 0 Å². The first-order valence-corrected chi connectivity index (χ1v) is 6.23. The molecule has 1 heterocycles. The Bertz CT molecular complexity index is 478. The summed E-state index contributed by atoms with van der Waals surface area (Å²) in [5.74, 6) is -0.0411. The van der Waals surface area contributed by atoms with Gasteiger partial charge in [0.2, 0.25) is 5.91 Å². The van der Waals surface area contributed by atoms with Crippen molar-refractivity contribution >= 4 is 23.3 Å². The Hall–Kier alpha value is -2.08. The van der Waals surface area contributed by atoms with Crippen molar-refractivity contribution < 1.29 is 9.59 Å². The molecule has 1 aromatic carbocycles. The normalized spacial score (nSPS) is 21.9. The summed E-state index contributed by atoms with van der Waals surface area (Å²) in [6.07, 6.45) is 1.84. The first kappa shape index (κ1) is 13.4. The first-order chi connectivity index (χ1) is 8.99. The Morgan fingerprint density at radius 1 is 1.21 bits per heavy atom. The summed E-state index contributed by atoms with van der Waals surface area (Å²) in [5, 5.41) is 8.53. The topological polar surface area (TPSA) is 96.2 Å². The summed E-state index contributed by atoms with van der Waals surface area (Å²) in [6.45, 7) is 2.77. The van der Waals surface area contributed by atoms with Crippen LogP contribution in [0.4, 0.5) is 16.2 Å². The van der Waals surface area contributed by atoms with E-state index in [1.54, 1.807) is 24.3 Å². The molecular formula is C13H18N4O2. The van der Waals surface area contributed by atoms with Crippen LogP contribution >= 0.6 is 0 Å². The van der Waals surface area contributed by atoms with Crippen LogP contribution in [-0.2, 0) is 4.79 Å². The van der Waals surface area contributed by atoms with Gasteiger partial charge in [0, 0.05) is 11.4 Å². The van der Waals surface area contributed by atoms with E-state index >= 15 is 0 Å². The van der Waals surface area contributed by atoms with E-state index in [4.69, 9.17) is 5.73 Å². The summed E-state index contributed by atoms with van der Waals surface area (Å²) < 4.78 is 0. The van der Waals surface area contributed by atoms with Crippen LogP contribution in [0.1, 0.15) is 19.8 Å². The summed E-state index contributed by atoms with van der Waals surface area (Å²) in [5.41, 5.74) is 5.80. The smallest absolute Gasteiger partial charge is 0.316 e. The number of carbonyl (C=O) groups is 2. The number of anilines is 2. The Kier molecular flexibility index (Phi) is 3.71. The summed E-state index contributed by atoms with van der Waals surface area (Å²) in [6, 6.07) is 6.21. The van der Waals surface area contributed by atoms with Crippen LogP contribution in [-0.4, -0.2) is 24.0 Å². The van der Waals surface area contributed by atoms with E-state index in [0.29, 0.717) is 11.4 Å². The third-order valence-corrected chi connectivity index (χ3v) is 3.28. The Morgan fingerprint density at radius 3 is 2.26 bits per heavy atom. The molecule has 3 amide bonds. The number of hydrogen-bond acceptors (Lipinski definition) is 3. The second-order valence-electron chi connectivity index (χ2n) is 4.88. The molecule has 0 aliphatic carbocycles. The largest absolute Gasteiger partial charge is 0.351 e. The van der Waals surface area contributed by atoms with Gasteiger partial charge in [0.1, 0.15) is 0 Å². The van der Waals surface area contributed by atoms with Gasteiger partial charge in [-0.25, -0.2) is 4.79 Å². The molecule has 102 valence electrons. The van der Waals surface area contributed by atoms with Crippen molar-refractivity contribution in [1.29, 1.82) is 0 Å². The van der Waals surface area contributed by atoms with Gasteiger partial charge >= 0.3 is 6.03 Å². The molecule has 1 aliphatic heterocycles. The summed E-state index contributed by atoms with van der Waals surface area (Å²) >= 11 is 0. The molecule has 1 aromatic rings. The third-order valence-electron chi connectivity index (χ3n) is 3.28. The van der Waals surface area contributed by atoms with Crippen LogP contribution < -0.4 is 21.7 Å². The Labute approximate surface area is 111 Å². The van der Waals surface area contributed by atoms with Crippen LogP contribution in [0.5, 0.6) is 0 Å². The molecule has 2 rings (SSSR count). The molecule has 0 radical (unpaired) electrons. The lowest BCUT2D eigenvalue weighted by molar-refractivity contribution is -0.121. The number of nitrogens with one attached hydrogen (secondary N) is 3. The number of carbonyl (C=O) groups excluding carboxylic acids is 2. The van der Waals surface area contributed by atoms with E-state index in [9.17, 15) is 9.59 Å². The van der Waals surface area contributed by atoms with E-state index in [2.05, 4.69) is 16.0 Å². The van der Waals surface area contributed by atoms with Crippen LogP contribution in [0.3, 0.4) is 0 Å². The van der Waals surface area contributed by atoms with Gasteiger partial charge in [0.05, 0.1) is 5.54 Å². The monoisotopic (exact) mass is 262 g/mol. The predicted molar refractivity (Wildman–Crippen MR) is 73.9 cm³/mol. The highest BCUT2D eigenvalue weighted by Gasteiger charge is 2.35. The fraction of sp³-hybridized carbons (Fsp3) is 0.385. The SMILES string of the molecule is CC1(C(=O)Nc2ccc(NC(N)=O)cc2)CCCN1. The molecule has 19 heavy (non-hydrogen) atoms. The van der Waals surface area contributed by atoms with E-state index in [0.717, 1.165) is 19.4 Å². The maximum absolute atomic E-state index is 12.1. The molecule has 1 atom stereocenters. The molecule has 0 spiro atoms. The number of rotatable bonds is 3. The lowest BCUT2D eigenvalue weighted by Gasteiger charge is -2.23. The maximum Gasteiger partial charge on any atom is 0.316 e. The fourth-order valence-corrected chi connectivity index (χ4v) is 2.14. The van der Waals surface area contributed by atoms with Gasteiger partial charge in [-0.1, -0.05) is 0 Å². The van der Waals surface area contributed by atoms with Gasteiger partial charge in [0.25, 0.3) is 0 Å². The summed E-state index contributed by atoms with van der Waals surface area (Å²) in [4.78, 5) is 22.8. The van der Waals surface area contributed by atoms with Crippen molar-refractivity contribution in [3.05, 3.63) is 24.3 Å². The van der Waals surface area contributed by atoms with Gasteiger partial charge < -0.3 is 21.7 Å². The van der Waals surface area contributed by atoms with Crippen molar-refractivity contribution in [2.24, 2.45) is 5.73 Å². The van der Waals surface area contributed by atoms with Crippen LogP contribution in [0.2, 0.25) is 0 Å². The zero-order valence-electron chi connectivity index (χ0n) is 10.8. The number of primary amides is 1. The second kappa shape index (κ2) is 5.27. The minimum atomic E-state index is -0.612. The predicted octanol–water partition coefficient (Wildman–Crippen LogP) is 1.26. The average molecular weight is 262 g/mol. The van der Waals surface area contributed by atoms with Crippen molar-refractivity contribution in [3.63, 3.8) is 0 Å². The van der Waals surface area contributed by atoms with Crippen molar-refractivity contribution in [1.82, 2.24) is 5.32 Å². The molecule has 1 unspecified atom stereocenters. The molecule has 1 aliphatic rings. The van der Waals surface area contributed by atoms with E-state index in [-0.39, 0.29) is 5.91 Å². The molecule has 1 saturated heterocycles. The number of nitrogens with two attached hydrogens (primary N) is 1. The molecule has 0 bridgehead atoms. The van der Waals surface area contributed by atoms with E-state index < -0.39 is 11.6 Å². The van der Waals surface area contributed by atoms with Gasteiger partial charge in [-0.05, 0) is 50.6 Å². The van der Waals surface area contributed by atoms with Gasteiger partial charge in [-0.3, -0.25) is 4.79 Å². The van der Waals surface area contributed by atoms with Crippen molar-refractivity contribution in [3.8, 4) is 0 Å². The van der Waals surface area contributed by atoms with E-state index in [1.165, 1.54) is 0 Å². The standard InChI is InChI=1S/C13H18N4O2/c1-13(7-2-8-15-13)11(18)16-9-3-5-10(6-4-9)17-12(14)19/h3-6,15H,2,7-8H2,1H3,(H,16,18)(H3,14,17,19). The molecular weight excluding hydrogens is 244 g/mol. The average Bonchev–Trinajstić information content (AvgIpc) is 2.79. The fourth-order valence-electron chi connectivity index (χ4n) is 2.14. The van der Waals surface area contributed by atoms with E-state index in [1.807, 2.05) is 6.92 Å². The minimum absolute atomic E-state index is 0.0411. The number of amides is 3. The highest BCUT2D eigenvalue weighted by Crippen LogP contribution is 2.21. The van der Waals surface area contributed by atoms with Crippen molar-refractivity contribution in [2.75, 3.05) is 17.2 Å². The van der Waals surface area contributed by atoms with Gasteiger partial charge in [-0.15, -0.1) is 0 Å². The number of hydrogen-bond donors (Lipinski definition) is 4. The second-order valence-corrected chi connectivity index (χ2v) is 4.88. The number of urea groups is 1. The molecule has 1 fully saturated rings. The third kappa shape index (κ3) is 3.23. The van der Waals surface area contributed by atoms with Crippen molar-refractivity contribution in [2.45, 2.75) is 25.3 Å². The quantitative estimate of drug-likeness (QED) is 0.660. The highest BCUT2D eigenvalue weighted by atomic mass is 16.2. The summed E-state index contributed by atoms with van der Waals surface area (Å²) in [7, 11) is 0. The Balaban J connectivity index is 1.99. The van der Waals surface area contributed by atoms with Crippen LogP contribution in [0.15, 0.2) is 24.3 Å². The molecule has 0 aromatic heterocycles. The zero-order valence-corrected chi connectivity index (χ0v) is 10.8. The molecule has 0 saturated carbocycles. The lowest BCUT2D eigenvalue weighted by Crippen LogP contribution is -2.47. The maximum atomic E-state index is 12.1. The molecule has 5 N–H and O–H groups in total. The number of benzene rings is 1.